The Bertz CT molecular complexity index is 356. The standard InChI is InChI=1S/C10H14ClNO3S/c1-2-3-4-6(10(14)15)8(13)9-12-5-7(11)16-9/h5-6,8,13H,2-4H2,1H3,(H,14,15). The number of thiazole rings is 1. The summed E-state index contributed by atoms with van der Waals surface area (Å²) in [5.41, 5.74) is 0. The van der Waals surface area contributed by atoms with Crippen molar-refractivity contribution < 1.29 is 15.0 Å². The van der Waals surface area contributed by atoms with E-state index in [1.807, 2.05) is 6.92 Å². The summed E-state index contributed by atoms with van der Waals surface area (Å²) in [7, 11) is 0. The van der Waals surface area contributed by atoms with E-state index in [1.165, 1.54) is 6.20 Å². The van der Waals surface area contributed by atoms with Gasteiger partial charge >= 0.3 is 5.97 Å². The molecule has 0 aromatic carbocycles. The minimum absolute atomic E-state index is 0.369. The topological polar surface area (TPSA) is 70.4 Å². The fraction of sp³-hybridized carbons (Fsp3) is 0.600. The Morgan fingerprint density at radius 3 is 2.81 bits per heavy atom. The van der Waals surface area contributed by atoms with Gasteiger partial charge in [0.15, 0.2) is 0 Å². The van der Waals surface area contributed by atoms with E-state index in [1.54, 1.807) is 0 Å². The van der Waals surface area contributed by atoms with Crippen LogP contribution >= 0.6 is 22.9 Å². The minimum atomic E-state index is -1.07. The summed E-state index contributed by atoms with van der Waals surface area (Å²) in [5, 5.41) is 19.3. The third-order valence-electron chi connectivity index (χ3n) is 2.32. The Morgan fingerprint density at radius 2 is 2.38 bits per heavy atom. The number of carbonyl (C=O) groups is 1. The molecule has 1 rings (SSSR count). The van der Waals surface area contributed by atoms with Gasteiger partial charge in [-0.3, -0.25) is 4.79 Å². The molecule has 2 N–H and O–H groups in total. The molecule has 0 aliphatic rings. The second-order valence-electron chi connectivity index (χ2n) is 3.53. The van der Waals surface area contributed by atoms with E-state index >= 15 is 0 Å². The maximum Gasteiger partial charge on any atom is 0.309 e. The van der Waals surface area contributed by atoms with Gasteiger partial charge in [-0.05, 0) is 6.42 Å². The Hall–Kier alpha value is -0.650. The molecule has 0 saturated carbocycles. The Balaban J connectivity index is 2.74. The Morgan fingerprint density at radius 1 is 1.69 bits per heavy atom. The van der Waals surface area contributed by atoms with Gasteiger partial charge in [-0.25, -0.2) is 4.98 Å². The molecule has 0 fully saturated rings. The number of carboxylic acid groups (broad SMARTS) is 1. The SMILES string of the molecule is CCCCC(C(=O)O)C(O)c1ncc(Cl)s1. The van der Waals surface area contributed by atoms with Crippen LogP contribution in [0.2, 0.25) is 4.34 Å². The first-order valence-corrected chi connectivity index (χ1v) is 6.27. The van der Waals surface area contributed by atoms with Crippen LogP contribution in [0.1, 0.15) is 37.3 Å². The lowest BCUT2D eigenvalue weighted by Crippen LogP contribution is -2.21. The van der Waals surface area contributed by atoms with Crippen molar-refractivity contribution in [3.63, 3.8) is 0 Å². The summed E-state index contributed by atoms with van der Waals surface area (Å²) in [6.45, 7) is 1.98. The molecule has 16 heavy (non-hydrogen) atoms. The van der Waals surface area contributed by atoms with Crippen molar-refractivity contribution in [1.82, 2.24) is 4.98 Å². The largest absolute Gasteiger partial charge is 0.481 e. The van der Waals surface area contributed by atoms with E-state index in [0.717, 1.165) is 24.2 Å². The number of hydrogen-bond donors (Lipinski definition) is 2. The zero-order valence-electron chi connectivity index (χ0n) is 8.89. The van der Waals surface area contributed by atoms with E-state index in [-0.39, 0.29) is 0 Å². The van der Waals surface area contributed by atoms with Gasteiger partial charge < -0.3 is 10.2 Å². The minimum Gasteiger partial charge on any atom is -0.481 e. The summed E-state index contributed by atoms with van der Waals surface area (Å²) in [4.78, 5) is 14.9. The summed E-state index contributed by atoms with van der Waals surface area (Å²) in [6, 6.07) is 0. The number of carboxylic acids is 1. The number of rotatable bonds is 6. The van der Waals surface area contributed by atoms with Crippen LogP contribution in [0.5, 0.6) is 0 Å². The van der Waals surface area contributed by atoms with Crippen molar-refractivity contribution in [1.29, 1.82) is 0 Å². The molecule has 1 aromatic heterocycles. The Labute approximate surface area is 103 Å². The molecule has 90 valence electrons. The summed E-state index contributed by atoms with van der Waals surface area (Å²) in [6.07, 6.45) is 2.47. The Kier molecular flexibility index (Phi) is 5.18. The predicted molar refractivity (Wildman–Crippen MR) is 62.7 cm³/mol. The molecular formula is C10H14ClNO3S. The summed E-state index contributed by atoms with van der Waals surface area (Å²) in [5.74, 6) is -1.80. The maximum absolute atomic E-state index is 11.0. The molecule has 4 nitrogen and oxygen atoms in total. The lowest BCUT2D eigenvalue weighted by molar-refractivity contribution is -0.146. The monoisotopic (exact) mass is 263 g/mol. The van der Waals surface area contributed by atoms with Gasteiger partial charge in [-0.2, -0.15) is 0 Å². The third kappa shape index (κ3) is 3.43. The number of aliphatic carboxylic acids is 1. The lowest BCUT2D eigenvalue weighted by Gasteiger charge is -2.16. The first kappa shape index (κ1) is 13.4. The van der Waals surface area contributed by atoms with Crippen molar-refractivity contribution in [3.8, 4) is 0 Å². The highest BCUT2D eigenvalue weighted by molar-refractivity contribution is 7.15. The molecule has 1 heterocycles. The van der Waals surface area contributed by atoms with E-state index in [0.29, 0.717) is 15.8 Å². The van der Waals surface area contributed by atoms with Gasteiger partial charge in [0.05, 0.1) is 12.1 Å². The number of halogens is 1. The zero-order chi connectivity index (χ0) is 12.1. The predicted octanol–water partition coefficient (Wildman–Crippen LogP) is 2.72. The van der Waals surface area contributed by atoms with Crippen LogP contribution < -0.4 is 0 Å². The van der Waals surface area contributed by atoms with Crippen molar-refractivity contribution in [2.75, 3.05) is 0 Å². The summed E-state index contributed by atoms with van der Waals surface area (Å²) >= 11 is 6.81. The molecule has 6 heteroatoms. The second kappa shape index (κ2) is 6.18. The molecule has 0 radical (unpaired) electrons. The van der Waals surface area contributed by atoms with Gasteiger partial charge in [0.1, 0.15) is 15.4 Å². The number of unbranched alkanes of at least 4 members (excludes halogenated alkanes) is 1. The molecule has 0 saturated heterocycles. The number of hydrogen-bond acceptors (Lipinski definition) is 4. The van der Waals surface area contributed by atoms with Crippen molar-refractivity contribution in [2.24, 2.45) is 5.92 Å². The first-order valence-electron chi connectivity index (χ1n) is 5.08. The normalized spacial score (nSPS) is 14.7. The molecule has 2 atom stereocenters. The van der Waals surface area contributed by atoms with E-state index < -0.39 is 18.0 Å². The second-order valence-corrected chi connectivity index (χ2v) is 5.23. The lowest BCUT2D eigenvalue weighted by atomic mass is 9.96. The summed E-state index contributed by atoms with van der Waals surface area (Å²) < 4.78 is 0.452. The van der Waals surface area contributed by atoms with Crippen LogP contribution in [-0.4, -0.2) is 21.2 Å². The van der Waals surface area contributed by atoms with Crippen LogP contribution in [0.15, 0.2) is 6.20 Å². The molecule has 0 spiro atoms. The molecule has 0 amide bonds. The fourth-order valence-electron chi connectivity index (χ4n) is 1.42. The smallest absolute Gasteiger partial charge is 0.309 e. The first-order chi connectivity index (χ1) is 7.56. The van der Waals surface area contributed by atoms with Crippen LogP contribution in [0.3, 0.4) is 0 Å². The number of aromatic nitrogens is 1. The highest BCUT2D eigenvalue weighted by Gasteiger charge is 2.29. The van der Waals surface area contributed by atoms with E-state index in [4.69, 9.17) is 16.7 Å². The van der Waals surface area contributed by atoms with Gasteiger partial charge in [-0.15, -0.1) is 11.3 Å². The highest BCUT2D eigenvalue weighted by Crippen LogP contribution is 2.31. The van der Waals surface area contributed by atoms with Gasteiger partial charge in [0.2, 0.25) is 0 Å². The fourth-order valence-corrected chi connectivity index (χ4v) is 2.40. The number of nitrogens with zero attached hydrogens (tertiary/aromatic N) is 1. The average molecular weight is 264 g/mol. The zero-order valence-corrected chi connectivity index (χ0v) is 10.5. The van der Waals surface area contributed by atoms with Crippen LogP contribution in [0, 0.1) is 5.92 Å². The van der Waals surface area contributed by atoms with E-state index in [9.17, 15) is 9.90 Å². The van der Waals surface area contributed by atoms with Gasteiger partial charge in [-0.1, -0.05) is 31.4 Å². The molecular weight excluding hydrogens is 250 g/mol. The van der Waals surface area contributed by atoms with E-state index in [2.05, 4.69) is 4.98 Å². The number of aliphatic hydroxyl groups excluding tert-OH is 1. The average Bonchev–Trinajstić information content (AvgIpc) is 2.64. The quantitative estimate of drug-likeness (QED) is 0.828. The van der Waals surface area contributed by atoms with Crippen LogP contribution in [0.25, 0.3) is 0 Å². The van der Waals surface area contributed by atoms with Crippen LogP contribution in [0.4, 0.5) is 0 Å². The van der Waals surface area contributed by atoms with Gasteiger partial charge in [0, 0.05) is 0 Å². The molecule has 0 aliphatic carbocycles. The molecule has 0 aliphatic heterocycles. The third-order valence-corrected chi connectivity index (χ3v) is 3.50. The molecule has 1 aromatic rings. The molecule has 2 unspecified atom stereocenters. The van der Waals surface area contributed by atoms with Crippen molar-refractivity contribution in [2.45, 2.75) is 32.3 Å². The molecule has 0 bridgehead atoms. The van der Waals surface area contributed by atoms with Crippen molar-refractivity contribution in [3.05, 3.63) is 15.5 Å². The van der Waals surface area contributed by atoms with Crippen molar-refractivity contribution >= 4 is 28.9 Å². The van der Waals surface area contributed by atoms with Gasteiger partial charge in [0.25, 0.3) is 0 Å². The highest BCUT2D eigenvalue weighted by atomic mass is 35.5. The number of aliphatic hydroxyl groups is 1. The van der Waals surface area contributed by atoms with Crippen LogP contribution in [-0.2, 0) is 4.79 Å². The maximum atomic E-state index is 11.0.